The fourth-order valence-electron chi connectivity index (χ4n) is 1.40. The second-order valence-corrected chi connectivity index (χ2v) is 3.66. The topological polar surface area (TPSA) is 98.5 Å². The standard InChI is InChI=1S/C11H12N2O5/c1-6-5-9(13(16)17)7(2)4-8(6)12-10(14)11(15)18-3/h4-5H,1-3H3,(H,12,14). The minimum absolute atomic E-state index is 0.0384. The van der Waals surface area contributed by atoms with Crippen LogP contribution in [0.15, 0.2) is 12.1 Å². The molecule has 1 aromatic rings. The molecule has 18 heavy (non-hydrogen) atoms. The van der Waals surface area contributed by atoms with E-state index in [9.17, 15) is 19.7 Å². The van der Waals surface area contributed by atoms with Crippen LogP contribution in [-0.2, 0) is 14.3 Å². The third-order valence-corrected chi connectivity index (χ3v) is 2.36. The highest BCUT2D eigenvalue weighted by atomic mass is 16.6. The molecule has 0 atom stereocenters. The first-order valence-electron chi connectivity index (χ1n) is 5.01. The summed E-state index contributed by atoms with van der Waals surface area (Å²) in [5, 5.41) is 13.0. The van der Waals surface area contributed by atoms with Gasteiger partial charge >= 0.3 is 11.9 Å². The molecule has 0 aromatic heterocycles. The zero-order chi connectivity index (χ0) is 13.9. The number of carbonyl (C=O) groups excluding carboxylic acids is 2. The summed E-state index contributed by atoms with van der Waals surface area (Å²) in [5.74, 6) is -1.95. The van der Waals surface area contributed by atoms with Gasteiger partial charge in [0.2, 0.25) is 0 Å². The van der Waals surface area contributed by atoms with Crippen molar-refractivity contribution in [3.05, 3.63) is 33.4 Å². The van der Waals surface area contributed by atoms with Gasteiger partial charge in [-0.15, -0.1) is 0 Å². The summed E-state index contributed by atoms with van der Waals surface area (Å²) >= 11 is 0. The first-order valence-corrected chi connectivity index (χ1v) is 5.01. The predicted molar refractivity (Wildman–Crippen MR) is 63.2 cm³/mol. The van der Waals surface area contributed by atoms with Crippen LogP contribution in [0.1, 0.15) is 11.1 Å². The number of amides is 1. The van der Waals surface area contributed by atoms with Gasteiger partial charge in [-0.3, -0.25) is 14.9 Å². The van der Waals surface area contributed by atoms with E-state index in [1.54, 1.807) is 13.8 Å². The molecule has 1 aromatic carbocycles. The first-order chi connectivity index (χ1) is 8.36. The number of nitrogens with zero attached hydrogens (tertiary/aromatic N) is 1. The quantitative estimate of drug-likeness (QED) is 0.370. The second-order valence-electron chi connectivity index (χ2n) is 3.66. The fourth-order valence-corrected chi connectivity index (χ4v) is 1.40. The van der Waals surface area contributed by atoms with E-state index < -0.39 is 16.8 Å². The maximum Gasteiger partial charge on any atom is 0.396 e. The van der Waals surface area contributed by atoms with Crippen LogP contribution in [0.3, 0.4) is 0 Å². The number of hydrogen-bond donors (Lipinski definition) is 1. The Balaban J connectivity index is 3.06. The monoisotopic (exact) mass is 252 g/mol. The van der Waals surface area contributed by atoms with Gasteiger partial charge in [0, 0.05) is 17.3 Å². The summed E-state index contributed by atoms with van der Waals surface area (Å²) in [6.07, 6.45) is 0. The molecule has 0 saturated heterocycles. The number of carbonyl (C=O) groups is 2. The number of hydrogen-bond acceptors (Lipinski definition) is 5. The Labute approximate surface area is 103 Å². The molecule has 0 saturated carbocycles. The zero-order valence-corrected chi connectivity index (χ0v) is 10.1. The maximum absolute atomic E-state index is 11.3. The molecular weight excluding hydrogens is 240 g/mol. The van der Waals surface area contributed by atoms with Crippen LogP contribution in [0, 0.1) is 24.0 Å². The molecule has 7 nitrogen and oxygen atoms in total. The van der Waals surface area contributed by atoms with Gasteiger partial charge in [-0.2, -0.15) is 0 Å². The van der Waals surface area contributed by atoms with E-state index in [0.29, 0.717) is 16.8 Å². The lowest BCUT2D eigenvalue weighted by Gasteiger charge is -2.08. The summed E-state index contributed by atoms with van der Waals surface area (Å²) in [6.45, 7) is 3.14. The summed E-state index contributed by atoms with van der Waals surface area (Å²) < 4.78 is 4.26. The molecular formula is C11H12N2O5. The van der Waals surface area contributed by atoms with E-state index in [-0.39, 0.29) is 5.69 Å². The van der Waals surface area contributed by atoms with Crippen LogP contribution in [0.25, 0.3) is 0 Å². The van der Waals surface area contributed by atoms with Gasteiger partial charge < -0.3 is 10.1 Å². The van der Waals surface area contributed by atoms with E-state index in [0.717, 1.165) is 7.11 Å². The smallest absolute Gasteiger partial charge is 0.396 e. The largest absolute Gasteiger partial charge is 0.462 e. The van der Waals surface area contributed by atoms with Gasteiger partial charge in [0.05, 0.1) is 12.0 Å². The number of aryl methyl sites for hydroxylation is 2. The summed E-state index contributed by atoms with van der Waals surface area (Å²) in [5.41, 5.74) is 1.19. The fraction of sp³-hybridized carbons (Fsp3) is 0.273. The average molecular weight is 252 g/mol. The molecule has 1 amide bonds. The number of benzene rings is 1. The van der Waals surface area contributed by atoms with E-state index in [4.69, 9.17) is 0 Å². The van der Waals surface area contributed by atoms with Crippen LogP contribution < -0.4 is 5.32 Å². The highest BCUT2D eigenvalue weighted by Gasteiger charge is 2.18. The van der Waals surface area contributed by atoms with Gasteiger partial charge in [0.1, 0.15) is 0 Å². The summed E-state index contributed by atoms with van der Waals surface area (Å²) in [6, 6.07) is 2.77. The van der Waals surface area contributed by atoms with Crippen molar-refractivity contribution >= 4 is 23.3 Å². The molecule has 1 rings (SSSR count). The lowest BCUT2D eigenvalue weighted by molar-refractivity contribution is -0.385. The van der Waals surface area contributed by atoms with Crippen molar-refractivity contribution < 1.29 is 19.2 Å². The first kappa shape index (κ1) is 13.6. The van der Waals surface area contributed by atoms with Gasteiger partial charge in [-0.05, 0) is 25.5 Å². The maximum atomic E-state index is 11.3. The van der Waals surface area contributed by atoms with Crippen LogP contribution in [0.5, 0.6) is 0 Å². The van der Waals surface area contributed by atoms with Gasteiger partial charge in [0.25, 0.3) is 5.69 Å². The third kappa shape index (κ3) is 2.82. The Kier molecular flexibility index (Phi) is 3.98. The molecule has 7 heteroatoms. The van der Waals surface area contributed by atoms with Crippen molar-refractivity contribution in [3.8, 4) is 0 Å². The summed E-state index contributed by atoms with van der Waals surface area (Å²) in [7, 11) is 1.09. The van der Waals surface area contributed by atoms with E-state index in [1.807, 2.05) is 0 Å². The molecule has 0 unspecified atom stereocenters. The van der Waals surface area contributed by atoms with Crippen LogP contribution in [0.2, 0.25) is 0 Å². The van der Waals surface area contributed by atoms with Crippen molar-refractivity contribution in [1.82, 2.24) is 0 Å². The Bertz CT molecular complexity index is 524. The Morgan fingerprint density at radius 1 is 1.28 bits per heavy atom. The van der Waals surface area contributed by atoms with E-state index in [2.05, 4.69) is 10.1 Å². The number of ether oxygens (including phenoxy) is 1. The minimum atomic E-state index is -1.02. The SMILES string of the molecule is COC(=O)C(=O)Nc1cc(C)c([N+](=O)[O-])cc1C. The lowest BCUT2D eigenvalue weighted by Crippen LogP contribution is -2.24. The Morgan fingerprint density at radius 2 is 1.89 bits per heavy atom. The minimum Gasteiger partial charge on any atom is -0.462 e. The van der Waals surface area contributed by atoms with E-state index >= 15 is 0 Å². The van der Waals surface area contributed by atoms with Crippen molar-refractivity contribution in [2.24, 2.45) is 0 Å². The molecule has 0 heterocycles. The van der Waals surface area contributed by atoms with Gasteiger partial charge in [0.15, 0.2) is 0 Å². The molecule has 0 aliphatic rings. The Morgan fingerprint density at radius 3 is 2.39 bits per heavy atom. The van der Waals surface area contributed by atoms with Crippen LogP contribution >= 0.6 is 0 Å². The van der Waals surface area contributed by atoms with Gasteiger partial charge in [-0.1, -0.05) is 0 Å². The number of nitro benzene ring substituents is 1. The number of methoxy groups -OCH3 is 1. The molecule has 0 aliphatic carbocycles. The molecule has 1 N–H and O–H groups in total. The van der Waals surface area contributed by atoms with Crippen molar-refractivity contribution in [2.45, 2.75) is 13.8 Å². The lowest BCUT2D eigenvalue weighted by atomic mass is 10.1. The molecule has 0 aliphatic heterocycles. The van der Waals surface area contributed by atoms with Gasteiger partial charge in [-0.25, -0.2) is 4.79 Å². The highest BCUT2D eigenvalue weighted by molar-refractivity contribution is 6.37. The van der Waals surface area contributed by atoms with Crippen LogP contribution in [0.4, 0.5) is 11.4 Å². The second kappa shape index (κ2) is 5.26. The zero-order valence-electron chi connectivity index (χ0n) is 10.1. The molecule has 0 radical (unpaired) electrons. The van der Waals surface area contributed by atoms with Crippen molar-refractivity contribution in [2.75, 3.05) is 12.4 Å². The summed E-state index contributed by atoms with van der Waals surface area (Å²) in [4.78, 5) is 32.5. The number of rotatable bonds is 2. The van der Waals surface area contributed by atoms with Crippen LogP contribution in [-0.4, -0.2) is 23.9 Å². The molecule has 0 bridgehead atoms. The normalized spacial score (nSPS) is 9.72. The number of nitrogens with one attached hydrogen (secondary N) is 1. The molecule has 0 fully saturated rings. The average Bonchev–Trinajstić information content (AvgIpc) is 2.31. The number of nitro groups is 1. The van der Waals surface area contributed by atoms with E-state index in [1.165, 1.54) is 12.1 Å². The Hall–Kier alpha value is -2.44. The van der Waals surface area contributed by atoms with Crippen molar-refractivity contribution in [1.29, 1.82) is 0 Å². The van der Waals surface area contributed by atoms with Crippen molar-refractivity contribution in [3.63, 3.8) is 0 Å². The molecule has 96 valence electrons. The number of anilines is 1. The number of esters is 1. The predicted octanol–water partition coefficient (Wildman–Crippen LogP) is 1.32. The highest BCUT2D eigenvalue weighted by Crippen LogP contribution is 2.25. The third-order valence-electron chi connectivity index (χ3n) is 2.36. The molecule has 0 spiro atoms.